The number of rotatable bonds is 4. The Labute approximate surface area is 137 Å². The standard InChI is InChI=1S/C19H16F2O3/c1-10(22)13-6-7-15(13)16-4-2-11(8-17(16)19(23)24)14-5-3-12(20)9-18(14)21/h2-5,8-9,13,15H,6-7H2,1H3,(H,23,24). The number of carboxylic acid groups (broad SMARTS) is 1. The van der Waals surface area contributed by atoms with Crippen LogP contribution in [-0.4, -0.2) is 16.9 Å². The van der Waals surface area contributed by atoms with Gasteiger partial charge in [-0.05, 0) is 55.0 Å². The van der Waals surface area contributed by atoms with Crippen molar-refractivity contribution in [2.75, 3.05) is 0 Å². The van der Waals surface area contributed by atoms with E-state index in [0.29, 0.717) is 11.1 Å². The second-order valence-electron chi connectivity index (χ2n) is 6.13. The van der Waals surface area contributed by atoms with Gasteiger partial charge in [0.15, 0.2) is 0 Å². The fourth-order valence-electron chi connectivity index (χ4n) is 3.31. The average molecular weight is 330 g/mol. The van der Waals surface area contributed by atoms with E-state index in [1.807, 2.05) is 0 Å². The molecular formula is C19H16F2O3. The van der Waals surface area contributed by atoms with E-state index < -0.39 is 17.6 Å². The SMILES string of the molecule is CC(=O)C1CCC1c1ccc(-c2ccc(F)cc2F)cc1C(=O)O. The predicted molar refractivity (Wildman–Crippen MR) is 84.9 cm³/mol. The van der Waals surface area contributed by atoms with Crippen LogP contribution in [0.1, 0.15) is 41.6 Å². The van der Waals surface area contributed by atoms with Crippen LogP contribution in [-0.2, 0) is 4.79 Å². The summed E-state index contributed by atoms with van der Waals surface area (Å²) in [5.41, 5.74) is 1.17. The van der Waals surface area contributed by atoms with Crippen LogP contribution in [0.15, 0.2) is 36.4 Å². The van der Waals surface area contributed by atoms with Crippen LogP contribution >= 0.6 is 0 Å². The zero-order valence-electron chi connectivity index (χ0n) is 13.1. The van der Waals surface area contributed by atoms with E-state index in [1.54, 1.807) is 12.1 Å². The van der Waals surface area contributed by atoms with Crippen molar-refractivity contribution >= 4 is 11.8 Å². The molecule has 0 aliphatic heterocycles. The molecule has 5 heteroatoms. The van der Waals surface area contributed by atoms with Crippen molar-refractivity contribution in [1.29, 1.82) is 0 Å². The second-order valence-corrected chi connectivity index (χ2v) is 6.13. The maximum atomic E-state index is 13.9. The first-order valence-corrected chi connectivity index (χ1v) is 7.71. The van der Waals surface area contributed by atoms with E-state index in [0.717, 1.165) is 25.0 Å². The summed E-state index contributed by atoms with van der Waals surface area (Å²) in [5.74, 6) is -2.77. The molecule has 3 nitrogen and oxygen atoms in total. The van der Waals surface area contributed by atoms with Gasteiger partial charge in [0, 0.05) is 17.5 Å². The Bertz CT molecular complexity index is 829. The third-order valence-corrected chi connectivity index (χ3v) is 4.72. The normalized spacial score (nSPS) is 19.6. The quantitative estimate of drug-likeness (QED) is 0.903. The number of aromatic carboxylic acids is 1. The molecule has 124 valence electrons. The molecule has 0 saturated heterocycles. The molecule has 0 spiro atoms. The third-order valence-electron chi connectivity index (χ3n) is 4.72. The van der Waals surface area contributed by atoms with Gasteiger partial charge >= 0.3 is 5.97 Å². The van der Waals surface area contributed by atoms with Crippen molar-refractivity contribution < 1.29 is 23.5 Å². The average Bonchev–Trinajstić information content (AvgIpc) is 2.46. The molecule has 1 N–H and O–H groups in total. The zero-order chi connectivity index (χ0) is 17.4. The number of hydrogen-bond acceptors (Lipinski definition) is 2. The van der Waals surface area contributed by atoms with Gasteiger partial charge in [-0.25, -0.2) is 13.6 Å². The largest absolute Gasteiger partial charge is 0.478 e. The lowest BCUT2D eigenvalue weighted by Crippen LogP contribution is -2.30. The minimum atomic E-state index is -1.12. The number of benzene rings is 2. The van der Waals surface area contributed by atoms with Gasteiger partial charge in [-0.15, -0.1) is 0 Å². The van der Waals surface area contributed by atoms with Gasteiger partial charge in [-0.2, -0.15) is 0 Å². The number of Topliss-reactive ketones (excluding diaryl/α,β-unsaturated/α-hetero) is 1. The minimum absolute atomic E-state index is 0.0521. The molecule has 0 bridgehead atoms. The van der Waals surface area contributed by atoms with Gasteiger partial charge in [-0.3, -0.25) is 4.79 Å². The summed E-state index contributed by atoms with van der Waals surface area (Å²) in [5, 5.41) is 9.51. The molecule has 3 rings (SSSR count). The number of ketones is 1. The topological polar surface area (TPSA) is 54.4 Å². The van der Waals surface area contributed by atoms with Gasteiger partial charge < -0.3 is 5.11 Å². The van der Waals surface area contributed by atoms with E-state index in [-0.39, 0.29) is 28.7 Å². The van der Waals surface area contributed by atoms with Crippen molar-refractivity contribution in [2.24, 2.45) is 5.92 Å². The van der Waals surface area contributed by atoms with Gasteiger partial charge in [0.25, 0.3) is 0 Å². The summed E-state index contributed by atoms with van der Waals surface area (Å²) in [6.45, 7) is 1.51. The maximum Gasteiger partial charge on any atom is 0.335 e. The molecule has 2 atom stereocenters. The van der Waals surface area contributed by atoms with Gasteiger partial charge in [0.2, 0.25) is 0 Å². The van der Waals surface area contributed by atoms with Crippen molar-refractivity contribution in [1.82, 2.24) is 0 Å². The van der Waals surface area contributed by atoms with Crippen molar-refractivity contribution in [2.45, 2.75) is 25.7 Å². The Morgan fingerprint density at radius 1 is 1.08 bits per heavy atom. The number of carboxylic acids is 1. The molecule has 1 fully saturated rings. The summed E-state index contributed by atoms with van der Waals surface area (Å²) in [6, 6.07) is 7.83. The molecule has 0 heterocycles. The third kappa shape index (κ3) is 2.82. The fourth-order valence-corrected chi connectivity index (χ4v) is 3.31. The highest BCUT2D eigenvalue weighted by molar-refractivity contribution is 5.92. The summed E-state index contributed by atoms with van der Waals surface area (Å²) < 4.78 is 27.0. The summed E-state index contributed by atoms with van der Waals surface area (Å²) >= 11 is 0. The van der Waals surface area contributed by atoms with Crippen LogP contribution in [0.3, 0.4) is 0 Å². The number of hydrogen-bond donors (Lipinski definition) is 1. The molecule has 1 aliphatic rings. The Kier molecular flexibility index (Phi) is 4.18. The zero-order valence-corrected chi connectivity index (χ0v) is 13.1. The first-order valence-electron chi connectivity index (χ1n) is 7.71. The number of halogens is 2. The van der Waals surface area contributed by atoms with Gasteiger partial charge in [0.05, 0.1) is 5.56 Å². The van der Waals surface area contributed by atoms with Crippen LogP contribution in [0.5, 0.6) is 0 Å². The Morgan fingerprint density at radius 2 is 1.83 bits per heavy atom. The van der Waals surface area contributed by atoms with Crippen LogP contribution < -0.4 is 0 Å². The number of carbonyl (C=O) groups excluding carboxylic acids is 1. The van der Waals surface area contributed by atoms with Crippen LogP contribution in [0.25, 0.3) is 11.1 Å². The van der Waals surface area contributed by atoms with Crippen LogP contribution in [0, 0.1) is 17.6 Å². The van der Waals surface area contributed by atoms with E-state index >= 15 is 0 Å². The summed E-state index contributed by atoms with van der Waals surface area (Å²) in [7, 11) is 0. The Hall–Kier alpha value is -2.56. The van der Waals surface area contributed by atoms with Crippen molar-refractivity contribution in [3.63, 3.8) is 0 Å². The highest BCUT2D eigenvalue weighted by atomic mass is 19.1. The van der Waals surface area contributed by atoms with E-state index in [2.05, 4.69) is 0 Å². The van der Waals surface area contributed by atoms with Crippen molar-refractivity contribution in [3.05, 3.63) is 59.2 Å². The monoisotopic (exact) mass is 330 g/mol. The fraction of sp³-hybridized carbons (Fsp3) is 0.263. The Morgan fingerprint density at radius 3 is 2.38 bits per heavy atom. The summed E-state index contributed by atoms with van der Waals surface area (Å²) in [4.78, 5) is 23.3. The van der Waals surface area contributed by atoms with Crippen LogP contribution in [0.4, 0.5) is 8.78 Å². The predicted octanol–water partition coefficient (Wildman–Crippen LogP) is 4.41. The highest BCUT2D eigenvalue weighted by Gasteiger charge is 2.37. The summed E-state index contributed by atoms with van der Waals surface area (Å²) in [6.07, 6.45) is 1.52. The second kappa shape index (κ2) is 6.15. The molecule has 0 aromatic heterocycles. The van der Waals surface area contributed by atoms with Crippen LogP contribution in [0.2, 0.25) is 0 Å². The van der Waals surface area contributed by atoms with E-state index in [1.165, 1.54) is 19.1 Å². The first kappa shape index (κ1) is 16.3. The molecular weight excluding hydrogens is 314 g/mol. The van der Waals surface area contributed by atoms with Gasteiger partial charge in [-0.1, -0.05) is 12.1 Å². The smallest absolute Gasteiger partial charge is 0.335 e. The molecule has 2 aromatic carbocycles. The van der Waals surface area contributed by atoms with E-state index in [4.69, 9.17) is 0 Å². The lowest BCUT2D eigenvalue weighted by atomic mass is 9.67. The van der Waals surface area contributed by atoms with Gasteiger partial charge in [0.1, 0.15) is 17.4 Å². The first-order chi connectivity index (χ1) is 11.4. The number of carbonyl (C=O) groups is 2. The molecule has 0 radical (unpaired) electrons. The van der Waals surface area contributed by atoms with E-state index in [9.17, 15) is 23.5 Å². The lowest BCUT2D eigenvalue weighted by molar-refractivity contribution is -0.123. The minimum Gasteiger partial charge on any atom is -0.478 e. The molecule has 0 amide bonds. The maximum absolute atomic E-state index is 13.9. The molecule has 1 saturated carbocycles. The molecule has 1 aliphatic carbocycles. The van der Waals surface area contributed by atoms with Crippen molar-refractivity contribution in [3.8, 4) is 11.1 Å². The molecule has 2 aromatic rings. The molecule has 2 unspecified atom stereocenters. The highest BCUT2D eigenvalue weighted by Crippen LogP contribution is 2.44. The lowest BCUT2D eigenvalue weighted by Gasteiger charge is -2.36. The molecule has 24 heavy (non-hydrogen) atoms. The Balaban J connectivity index is 2.05.